The van der Waals surface area contributed by atoms with E-state index in [4.69, 9.17) is 28.4 Å². The van der Waals surface area contributed by atoms with Gasteiger partial charge in [-0.15, -0.1) is 0 Å². The van der Waals surface area contributed by atoms with Crippen LogP contribution in [0.25, 0.3) is 6.08 Å². The predicted octanol–water partition coefficient (Wildman–Crippen LogP) is 6.10. The van der Waals surface area contributed by atoms with Crippen molar-refractivity contribution in [3.05, 3.63) is 39.5 Å². The first-order valence-corrected chi connectivity index (χ1v) is 13.5. The second-order valence-electron chi connectivity index (χ2n) is 10.3. The van der Waals surface area contributed by atoms with Gasteiger partial charge in [0.2, 0.25) is 0 Å². The molecule has 206 valence electrons. The van der Waals surface area contributed by atoms with Crippen molar-refractivity contribution in [2.24, 2.45) is 5.41 Å². The number of halogens is 1. The summed E-state index contributed by atoms with van der Waals surface area (Å²) >= 11 is 2.13. The first-order chi connectivity index (χ1) is 17.3. The average molecular weight is 631 g/mol. The summed E-state index contributed by atoms with van der Waals surface area (Å²) < 4.78 is 36.0. The monoisotopic (exact) mass is 630 g/mol. The standard InChI is InChI=1S/C28H39IO8/c1-18(11-10-14-29)35-25(30)24-19(15-20(32-7)16-22(24)33-8)12-9-13-21-23(37-28(5,6)36-21)17-34-26(31)27(2,3)4/h9-10,12,14-16,18,21,23H,11,13,17H2,1-8H3/b12-9+,14-10-/t18-,21-,23+/m0/s1. The van der Waals surface area contributed by atoms with E-state index in [-0.39, 0.29) is 24.8 Å². The van der Waals surface area contributed by atoms with E-state index in [9.17, 15) is 9.59 Å². The highest BCUT2D eigenvalue weighted by Gasteiger charge is 2.41. The third-order valence-corrected chi connectivity index (χ3v) is 6.08. The number of hydrogen-bond donors (Lipinski definition) is 0. The van der Waals surface area contributed by atoms with Crippen molar-refractivity contribution in [3.8, 4) is 11.5 Å². The number of esters is 2. The lowest BCUT2D eigenvalue weighted by molar-refractivity contribution is -0.165. The molecule has 1 aliphatic rings. The van der Waals surface area contributed by atoms with Crippen molar-refractivity contribution in [1.29, 1.82) is 0 Å². The van der Waals surface area contributed by atoms with Crippen molar-refractivity contribution in [1.82, 2.24) is 0 Å². The molecule has 0 aromatic heterocycles. The lowest BCUT2D eigenvalue weighted by Gasteiger charge is -2.20. The Bertz CT molecular complexity index is 993. The van der Waals surface area contributed by atoms with E-state index in [2.05, 4.69) is 22.6 Å². The van der Waals surface area contributed by atoms with Gasteiger partial charge in [0.25, 0.3) is 0 Å². The van der Waals surface area contributed by atoms with Crippen LogP contribution in [0.15, 0.2) is 28.4 Å². The largest absolute Gasteiger partial charge is 0.497 e. The number of hydrogen-bond acceptors (Lipinski definition) is 8. The van der Waals surface area contributed by atoms with E-state index < -0.39 is 23.3 Å². The molecule has 0 spiro atoms. The molecule has 2 rings (SSSR count). The third kappa shape index (κ3) is 9.30. The molecule has 9 heteroatoms. The van der Waals surface area contributed by atoms with Crippen LogP contribution in [-0.4, -0.2) is 56.9 Å². The Morgan fingerprint density at radius 1 is 1.11 bits per heavy atom. The van der Waals surface area contributed by atoms with Crippen LogP contribution in [0.1, 0.15) is 70.3 Å². The van der Waals surface area contributed by atoms with Crippen LogP contribution in [-0.2, 0) is 23.7 Å². The molecule has 3 atom stereocenters. The van der Waals surface area contributed by atoms with E-state index in [1.165, 1.54) is 7.11 Å². The molecule has 1 heterocycles. The van der Waals surface area contributed by atoms with Crippen molar-refractivity contribution in [2.75, 3.05) is 20.8 Å². The van der Waals surface area contributed by atoms with Crippen LogP contribution in [0.4, 0.5) is 0 Å². The molecule has 1 aromatic carbocycles. The lowest BCUT2D eigenvalue weighted by Crippen LogP contribution is -2.32. The van der Waals surface area contributed by atoms with Gasteiger partial charge in [-0.05, 0) is 63.7 Å². The first-order valence-electron chi connectivity index (χ1n) is 12.2. The van der Waals surface area contributed by atoms with Gasteiger partial charge in [0.15, 0.2) is 5.79 Å². The maximum absolute atomic E-state index is 13.1. The molecule has 1 aliphatic heterocycles. The fraction of sp³-hybridized carbons (Fsp3) is 0.571. The fourth-order valence-electron chi connectivity index (χ4n) is 3.73. The van der Waals surface area contributed by atoms with Gasteiger partial charge in [0, 0.05) is 12.5 Å². The van der Waals surface area contributed by atoms with Gasteiger partial charge in [-0.1, -0.05) is 40.8 Å². The second-order valence-corrected chi connectivity index (χ2v) is 11.0. The van der Waals surface area contributed by atoms with Crippen LogP contribution >= 0.6 is 22.6 Å². The molecular weight excluding hydrogens is 591 g/mol. The molecule has 0 saturated carbocycles. The highest BCUT2D eigenvalue weighted by molar-refractivity contribution is 14.1. The summed E-state index contributed by atoms with van der Waals surface area (Å²) in [6.07, 6.45) is 5.63. The lowest BCUT2D eigenvalue weighted by atomic mass is 9.97. The van der Waals surface area contributed by atoms with E-state index >= 15 is 0 Å². The van der Waals surface area contributed by atoms with E-state index in [0.717, 1.165) is 0 Å². The van der Waals surface area contributed by atoms with Crippen LogP contribution in [0.5, 0.6) is 11.5 Å². The molecule has 8 nitrogen and oxygen atoms in total. The molecule has 1 saturated heterocycles. The Kier molecular flexibility index (Phi) is 11.4. The summed E-state index contributed by atoms with van der Waals surface area (Å²) in [6, 6.07) is 3.41. The highest BCUT2D eigenvalue weighted by atomic mass is 127. The quantitative estimate of drug-likeness (QED) is 0.214. The van der Waals surface area contributed by atoms with Gasteiger partial charge in [0.1, 0.15) is 35.9 Å². The second kappa shape index (κ2) is 13.6. The SMILES string of the molecule is COc1cc(/C=C/C[C@@H]2OC(C)(C)O[C@@H]2COC(=O)C(C)(C)C)c(C(=O)O[C@@H](C)C/C=C\I)c(OC)c1. The van der Waals surface area contributed by atoms with Gasteiger partial charge in [-0.2, -0.15) is 0 Å². The Hall–Kier alpha value is -2.11. The van der Waals surface area contributed by atoms with Gasteiger partial charge >= 0.3 is 11.9 Å². The smallest absolute Gasteiger partial charge is 0.342 e. The van der Waals surface area contributed by atoms with Gasteiger partial charge in [-0.25, -0.2) is 4.79 Å². The predicted molar refractivity (Wildman–Crippen MR) is 150 cm³/mol. The van der Waals surface area contributed by atoms with Crippen molar-refractivity contribution in [3.63, 3.8) is 0 Å². The van der Waals surface area contributed by atoms with Crippen LogP contribution < -0.4 is 9.47 Å². The van der Waals surface area contributed by atoms with Crippen molar-refractivity contribution >= 4 is 40.6 Å². The van der Waals surface area contributed by atoms with E-state index in [1.807, 2.05) is 43.1 Å². The minimum absolute atomic E-state index is 0.0894. The molecule has 0 unspecified atom stereocenters. The van der Waals surface area contributed by atoms with Gasteiger partial charge < -0.3 is 28.4 Å². The number of methoxy groups -OCH3 is 2. The Labute approximate surface area is 233 Å². The molecule has 0 radical (unpaired) electrons. The Morgan fingerprint density at radius 3 is 2.38 bits per heavy atom. The average Bonchev–Trinajstić information content (AvgIpc) is 3.12. The zero-order chi connectivity index (χ0) is 27.8. The number of benzene rings is 1. The van der Waals surface area contributed by atoms with Crippen molar-refractivity contribution < 1.29 is 38.0 Å². The zero-order valence-electron chi connectivity index (χ0n) is 23.0. The topological polar surface area (TPSA) is 89.5 Å². The fourth-order valence-corrected chi connectivity index (χ4v) is 4.02. The molecular formula is C28H39IO8. The maximum atomic E-state index is 13.1. The molecule has 0 N–H and O–H groups in total. The normalized spacial score (nSPS) is 20.2. The number of ether oxygens (including phenoxy) is 6. The minimum Gasteiger partial charge on any atom is -0.497 e. The highest BCUT2D eigenvalue weighted by Crippen LogP contribution is 2.33. The van der Waals surface area contributed by atoms with E-state index in [1.54, 1.807) is 40.0 Å². The van der Waals surface area contributed by atoms with Crippen LogP contribution in [0, 0.1) is 5.41 Å². The van der Waals surface area contributed by atoms with Crippen LogP contribution in [0.2, 0.25) is 0 Å². The molecule has 1 fully saturated rings. The number of carbonyl (C=O) groups excluding carboxylic acids is 2. The zero-order valence-corrected chi connectivity index (χ0v) is 25.1. The summed E-state index contributed by atoms with van der Waals surface area (Å²) in [5.41, 5.74) is 0.293. The molecule has 0 aliphatic carbocycles. The Balaban J connectivity index is 2.25. The summed E-state index contributed by atoms with van der Waals surface area (Å²) in [5, 5.41) is 0. The minimum atomic E-state index is -0.812. The van der Waals surface area contributed by atoms with Crippen molar-refractivity contribution in [2.45, 2.75) is 78.5 Å². The molecule has 0 bridgehead atoms. The summed E-state index contributed by atoms with van der Waals surface area (Å²) in [4.78, 5) is 25.3. The maximum Gasteiger partial charge on any atom is 0.342 e. The molecule has 0 amide bonds. The first kappa shape index (κ1) is 31.1. The summed E-state index contributed by atoms with van der Waals surface area (Å²) in [7, 11) is 3.05. The van der Waals surface area contributed by atoms with Gasteiger partial charge in [0.05, 0.1) is 25.7 Å². The Morgan fingerprint density at radius 2 is 1.78 bits per heavy atom. The molecule has 37 heavy (non-hydrogen) atoms. The summed E-state index contributed by atoms with van der Waals surface area (Å²) in [5.74, 6) is -0.697. The van der Waals surface area contributed by atoms with Crippen LogP contribution in [0.3, 0.4) is 0 Å². The molecule has 1 aromatic rings. The van der Waals surface area contributed by atoms with Gasteiger partial charge in [-0.3, -0.25) is 4.79 Å². The summed E-state index contributed by atoms with van der Waals surface area (Å²) in [6.45, 7) is 11.0. The van der Waals surface area contributed by atoms with E-state index in [0.29, 0.717) is 35.5 Å². The third-order valence-electron chi connectivity index (χ3n) is 5.57. The number of carbonyl (C=O) groups is 2. The number of rotatable bonds is 11.